The van der Waals surface area contributed by atoms with E-state index in [0.717, 1.165) is 21.5 Å². The molecule has 3 heteroatoms. The van der Waals surface area contributed by atoms with E-state index in [0.29, 0.717) is 5.92 Å². The van der Waals surface area contributed by atoms with Crippen LogP contribution in [0.3, 0.4) is 0 Å². The molecule has 1 nitrogen and oxygen atoms in total. The molecule has 0 bridgehead atoms. The lowest BCUT2D eigenvalue weighted by Crippen LogP contribution is -2.05. The van der Waals surface area contributed by atoms with Gasteiger partial charge in [0.1, 0.15) is 5.60 Å². The van der Waals surface area contributed by atoms with Crippen LogP contribution in [0.4, 0.5) is 0 Å². The van der Waals surface area contributed by atoms with Gasteiger partial charge in [-0.25, -0.2) is 0 Å². The highest BCUT2D eigenvalue weighted by Gasteiger charge is 2.53. The first-order valence-corrected chi connectivity index (χ1v) is 5.76. The largest absolute Gasteiger partial charge is 0.384 e. The normalized spacial score (nSPS) is 33.8. The molecule has 1 aliphatic carbocycles. The van der Waals surface area contributed by atoms with Gasteiger partial charge in [0.2, 0.25) is 0 Å². The van der Waals surface area contributed by atoms with Gasteiger partial charge < -0.3 is 5.11 Å². The van der Waals surface area contributed by atoms with Crippen molar-refractivity contribution in [3.05, 3.63) is 20.8 Å². The van der Waals surface area contributed by atoms with Crippen molar-refractivity contribution in [2.45, 2.75) is 25.4 Å². The minimum absolute atomic E-state index is 0.481. The third kappa shape index (κ3) is 1.24. The van der Waals surface area contributed by atoms with Crippen molar-refractivity contribution < 1.29 is 5.11 Å². The summed E-state index contributed by atoms with van der Waals surface area (Å²) < 4.78 is 1.10. The van der Waals surface area contributed by atoms with Gasteiger partial charge in [0.05, 0.1) is 3.79 Å². The van der Waals surface area contributed by atoms with Crippen molar-refractivity contribution >= 4 is 27.3 Å². The number of aliphatic hydroxyl groups is 1. The molecule has 0 saturated heterocycles. The number of halogens is 1. The highest BCUT2D eigenvalue weighted by atomic mass is 79.9. The zero-order valence-electron chi connectivity index (χ0n) is 6.88. The van der Waals surface area contributed by atoms with E-state index in [1.165, 1.54) is 0 Å². The molecule has 2 atom stereocenters. The lowest BCUT2D eigenvalue weighted by Gasteiger charge is -2.05. The van der Waals surface area contributed by atoms with Gasteiger partial charge in [0, 0.05) is 4.88 Å². The van der Waals surface area contributed by atoms with E-state index in [9.17, 15) is 5.11 Å². The average molecular weight is 247 g/mol. The van der Waals surface area contributed by atoms with Crippen LogP contribution in [0.1, 0.15) is 24.6 Å². The summed E-state index contributed by atoms with van der Waals surface area (Å²) in [5, 5.41) is 10.1. The Balaban J connectivity index is 2.22. The van der Waals surface area contributed by atoms with Gasteiger partial charge in [-0.15, -0.1) is 11.3 Å². The molecule has 0 spiro atoms. The van der Waals surface area contributed by atoms with Crippen LogP contribution in [0.2, 0.25) is 0 Å². The van der Waals surface area contributed by atoms with Crippen LogP contribution in [0.25, 0.3) is 0 Å². The molecule has 1 aromatic heterocycles. The summed E-state index contributed by atoms with van der Waals surface area (Å²) in [5.74, 6) is 0.489. The van der Waals surface area contributed by atoms with Crippen molar-refractivity contribution in [1.82, 2.24) is 0 Å². The summed E-state index contributed by atoms with van der Waals surface area (Å²) in [6.07, 6.45) is 2.02. The first-order chi connectivity index (χ1) is 5.66. The lowest BCUT2D eigenvalue weighted by atomic mass is 10.2. The first kappa shape index (κ1) is 8.73. The molecule has 66 valence electrons. The molecule has 1 saturated carbocycles. The Bertz CT molecular complexity index is 296. The molecule has 1 N–H and O–H groups in total. The second-order valence-electron chi connectivity index (χ2n) is 3.34. The van der Waals surface area contributed by atoms with Crippen LogP contribution in [0.15, 0.2) is 15.9 Å². The quantitative estimate of drug-likeness (QED) is 0.851. The monoisotopic (exact) mass is 246 g/mol. The average Bonchev–Trinajstić information content (AvgIpc) is 2.50. The van der Waals surface area contributed by atoms with Gasteiger partial charge >= 0.3 is 0 Å². The molecule has 0 amide bonds. The van der Waals surface area contributed by atoms with Gasteiger partial charge in [-0.1, -0.05) is 13.3 Å². The molecule has 1 fully saturated rings. The van der Waals surface area contributed by atoms with Gasteiger partial charge in [0.15, 0.2) is 0 Å². The summed E-state index contributed by atoms with van der Waals surface area (Å²) in [6, 6.07) is 4.02. The Hall–Kier alpha value is 0.140. The SMILES string of the molecule is CCC1CC1(O)c1ccc(Br)s1. The molecule has 1 aromatic rings. The van der Waals surface area contributed by atoms with Crippen LogP contribution < -0.4 is 0 Å². The van der Waals surface area contributed by atoms with E-state index in [2.05, 4.69) is 22.9 Å². The zero-order chi connectivity index (χ0) is 8.77. The predicted molar refractivity (Wildman–Crippen MR) is 54.3 cm³/mol. The second kappa shape index (κ2) is 2.82. The molecule has 2 unspecified atom stereocenters. The standard InChI is InChI=1S/C9H11BrOS/c1-2-6-5-9(6,11)7-3-4-8(10)12-7/h3-4,6,11H,2,5H2,1H3. The van der Waals surface area contributed by atoms with Crippen LogP contribution in [-0.2, 0) is 5.60 Å². The highest BCUT2D eigenvalue weighted by molar-refractivity contribution is 9.11. The van der Waals surface area contributed by atoms with Gasteiger partial charge in [0.25, 0.3) is 0 Å². The van der Waals surface area contributed by atoms with Gasteiger partial charge in [-0.3, -0.25) is 0 Å². The van der Waals surface area contributed by atoms with E-state index >= 15 is 0 Å². The van der Waals surface area contributed by atoms with Gasteiger partial charge in [-0.2, -0.15) is 0 Å². The van der Waals surface area contributed by atoms with E-state index in [1.807, 2.05) is 12.1 Å². The molecule has 0 aromatic carbocycles. The zero-order valence-corrected chi connectivity index (χ0v) is 9.28. The minimum Gasteiger partial charge on any atom is -0.384 e. The molecular weight excluding hydrogens is 236 g/mol. The Labute approximate surface area is 84.6 Å². The lowest BCUT2D eigenvalue weighted by molar-refractivity contribution is 0.134. The Morgan fingerprint density at radius 1 is 1.75 bits per heavy atom. The Morgan fingerprint density at radius 2 is 2.50 bits per heavy atom. The maximum Gasteiger partial charge on any atom is 0.102 e. The van der Waals surface area contributed by atoms with Crippen LogP contribution in [0.5, 0.6) is 0 Å². The summed E-state index contributed by atoms with van der Waals surface area (Å²) in [7, 11) is 0. The summed E-state index contributed by atoms with van der Waals surface area (Å²) >= 11 is 5.04. The molecule has 0 aliphatic heterocycles. The fraction of sp³-hybridized carbons (Fsp3) is 0.556. The smallest absolute Gasteiger partial charge is 0.102 e. The van der Waals surface area contributed by atoms with Crippen LogP contribution in [-0.4, -0.2) is 5.11 Å². The fourth-order valence-corrected chi connectivity index (χ4v) is 3.21. The van der Waals surface area contributed by atoms with E-state index < -0.39 is 5.60 Å². The van der Waals surface area contributed by atoms with Crippen molar-refractivity contribution in [2.24, 2.45) is 5.92 Å². The maximum absolute atomic E-state index is 10.1. The second-order valence-corrected chi connectivity index (χ2v) is 5.80. The number of rotatable bonds is 2. The van der Waals surface area contributed by atoms with Crippen molar-refractivity contribution in [3.8, 4) is 0 Å². The Morgan fingerprint density at radius 3 is 2.92 bits per heavy atom. The van der Waals surface area contributed by atoms with Crippen LogP contribution in [0, 0.1) is 5.92 Å². The third-order valence-corrected chi connectivity index (χ3v) is 4.36. The van der Waals surface area contributed by atoms with Crippen molar-refractivity contribution in [3.63, 3.8) is 0 Å². The third-order valence-electron chi connectivity index (χ3n) is 2.57. The molecule has 1 heterocycles. The molecule has 12 heavy (non-hydrogen) atoms. The van der Waals surface area contributed by atoms with E-state index in [1.54, 1.807) is 11.3 Å². The first-order valence-electron chi connectivity index (χ1n) is 4.15. The summed E-state index contributed by atoms with van der Waals surface area (Å²) in [5.41, 5.74) is -0.481. The number of hydrogen-bond acceptors (Lipinski definition) is 2. The topological polar surface area (TPSA) is 20.2 Å². The highest BCUT2D eigenvalue weighted by Crippen LogP contribution is 2.55. The number of thiophene rings is 1. The molecular formula is C9H11BrOS. The predicted octanol–water partition coefficient (Wildman–Crippen LogP) is 3.13. The Kier molecular flexibility index (Phi) is 2.05. The fourth-order valence-electron chi connectivity index (χ4n) is 1.65. The molecule has 0 radical (unpaired) electrons. The van der Waals surface area contributed by atoms with Gasteiger partial charge in [-0.05, 0) is 40.4 Å². The molecule has 1 aliphatic rings. The van der Waals surface area contributed by atoms with E-state index in [-0.39, 0.29) is 0 Å². The molecule has 2 rings (SSSR count). The minimum atomic E-state index is -0.481. The summed E-state index contributed by atoms with van der Waals surface area (Å²) in [6.45, 7) is 2.13. The van der Waals surface area contributed by atoms with Crippen molar-refractivity contribution in [1.29, 1.82) is 0 Å². The van der Waals surface area contributed by atoms with Crippen molar-refractivity contribution in [2.75, 3.05) is 0 Å². The number of hydrogen-bond donors (Lipinski definition) is 1. The summed E-state index contributed by atoms with van der Waals surface area (Å²) in [4.78, 5) is 1.11. The van der Waals surface area contributed by atoms with E-state index in [4.69, 9.17) is 0 Å². The maximum atomic E-state index is 10.1. The van der Waals surface area contributed by atoms with Crippen LogP contribution >= 0.6 is 27.3 Å².